The van der Waals surface area contributed by atoms with Gasteiger partial charge in [-0.05, 0) is 30.7 Å². The summed E-state index contributed by atoms with van der Waals surface area (Å²) in [6.07, 6.45) is 1.09. The Bertz CT molecular complexity index is 399. The van der Waals surface area contributed by atoms with Gasteiger partial charge in [-0.1, -0.05) is 13.8 Å². The van der Waals surface area contributed by atoms with Gasteiger partial charge in [-0.3, -0.25) is 0 Å². The lowest BCUT2D eigenvalue weighted by Crippen LogP contribution is -2.13. The summed E-state index contributed by atoms with van der Waals surface area (Å²) >= 11 is 0. The first kappa shape index (κ1) is 15.0. The number of hydrogen-bond acceptors (Lipinski definition) is 3. The van der Waals surface area contributed by atoms with Crippen LogP contribution in [0.4, 0.5) is 0 Å². The lowest BCUT2D eigenvalue weighted by molar-refractivity contribution is 0.411. The molecule has 0 amide bonds. The zero-order valence-electron chi connectivity index (χ0n) is 10.8. The average molecular weight is 236 g/mol. The quantitative estimate of drug-likeness (QED) is 0.475. The molecule has 0 unspecified atom stereocenters. The van der Waals surface area contributed by atoms with Crippen LogP contribution in [-0.2, 0) is 0 Å². The zero-order chi connectivity index (χ0) is 13.3. The minimum absolute atomic E-state index is 0.322. The van der Waals surface area contributed by atoms with Gasteiger partial charge in [-0.2, -0.15) is 0 Å². The number of nitrogens with zero attached hydrogens (tertiary/aromatic N) is 2. The van der Waals surface area contributed by atoms with E-state index >= 15 is 0 Å². The summed E-state index contributed by atoms with van der Waals surface area (Å²) in [7, 11) is 1.62. The van der Waals surface area contributed by atoms with Crippen LogP contribution in [0.3, 0.4) is 0 Å². The maximum atomic E-state index is 5.68. The molecule has 0 fully saturated rings. The zero-order valence-corrected chi connectivity index (χ0v) is 10.8. The molecule has 0 aliphatic heterocycles. The van der Waals surface area contributed by atoms with E-state index in [1.165, 1.54) is 0 Å². The van der Waals surface area contributed by atoms with Crippen molar-refractivity contribution >= 4 is 12.2 Å². The largest absolute Gasteiger partial charge is 0.496 e. The Balaban J connectivity index is 0.00000121. The predicted molar refractivity (Wildman–Crippen MR) is 72.5 cm³/mol. The molecule has 0 heterocycles. The molecule has 1 rings (SSSR count). The first-order chi connectivity index (χ1) is 8.19. The van der Waals surface area contributed by atoms with Crippen LogP contribution in [0.25, 0.3) is 0 Å². The fraction of sp³-hybridized carbons (Fsp3) is 0.333. The highest BCUT2D eigenvalue weighted by Gasteiger charge is 2.02. The number of amidine groups is 1. The maximum absolute atomic E-state index is 5.68. The van der Waals surface area contributed by atoms with Crippen molar-refractivity contribution in [3.63, 3.8) is 0 Å². The van der Waals surface area contributed by atoms with Gasteiger partial charge in [-0.25, -0.2) is 0 Å². The highest BCUT2D eigenvalue weighted by molar-refractivity contribution is 5.97. The molecule has 0 aliphatic carbocycles. The second-order valence-corrected chi connectivity index (χ2v) is 2.93. The summed E-state index contributed by atoms with van der Waals surface area (Å²) in [5.74, 6) is 1.14. The molecule has 5 heteroatoms. The number of nitrogens with two attached hydrogens (primary N) is 2. The van der Waals surface area contributed by atoms with E-state index < -0.39 is 0 Å². The first-order valence-electron chi connectivity index (χ1n) is 5.40. The number of benzene rings is 1. The van der Waals surface area contributed by atoms with E-state index in [4.69, 9.17) is 16.2 Å². The van der Waals surface area contributed by atoms with Gasteiger partial charge < -0.3 is 16.2 Å². The molecular weight excluding hydrogens is 216 g/mol. The van der Waals surface area contributed by atoms with Gasteiger partial charge in [0.15, 0.2) is 5.84 Å². The van der Waals surface area contributed by atoms with Crippen LogP contribution >= 0.6 is 0 Å². The third kappa shape index (κ3) is 4.55. The van der Waals surface area contributed by atoms with Crippen LogP contribution in [0.5, 0.6) is 5.75 Å². The topological polar surface area (TPSA) is 86.0 Å². The van der Waals surface area contributed by atoms with E-state index in [0.717, 1.165) is 23.2 Å². The van der Waals surface area contributed by atoms with E-state index in [0.29, 0.717) is 5.84 Å². The van der Waals surface area contributed by atoms with E-state index in [-0.39, 0.29) is 0 Å². The molecule has 0 aromatic heterocycles. The van der Waals surface area contributed by atoms with Gasteiger partial charge in [0.1, 0.15) is 12.1 Å². The van der Waals surface area contributed by atoms with Crippen LogP contribution < -0.4 is 16.2 Å². The number of hydrogen-bond donors (Lipinski definition) is 2. The summed E-state index contributed by atoms with van der Waals surface area (Å²) in [6, 6.07) is 5.53. The Labute approximate surface area is 102 Å². The summed E-state index contributed by atoms with van der Waals surface area (Å²) in [4.78, 5) is 0. The van der Waals surface area contributed by atoms with Crippen molar-refractivity contribution in [3.05, 3.63) is 29.3 Å². The third-order valence-electron chi connectivity index (χ3n) is 1.92. The predicted octanol–water partition coefficient (Wildman–Crippen LogP) is 1.64. The number of rotatable bonds is 3. The standard InChI is InChI=1S/C10H14N4O.C2H6/c1-7-5-8(3-4-9(7)15-2)10(12)14-13-6-11;1-2/h3-6H,1-2H3,(H2,11,13)(H2,12,14);1-2H3. The van der Waals surface area contributed by atoms with Crippen molar-refractivity contribution in [2.24, 2.45) is 21.7 Å². The van der Waals surface area contributed by atoms with Crippen molar-refractivity contribution in [3.8, 4) is 5.75 Å². The van der Waals surface area contributed by atoms with Crippen LogP contribution in [0.1, 0.15) is 25.0 Å². The minimum Gasteiger partial charge on any atom is -0.496 e. The van der Waals surface area contributed by atoms with Crippen molar-refractivity contribution in [1.82, 2.24) is 0 Å². The SMILES string of the molecule is CC.COc1ccc(/C(N)=N/N=C\N)cc1C. The molecule has 1 aromatic rings. The van der Waals surface area contributed by atoms with Crippen molar-refractivity contribution in [2.75, 3.05) is 7.11 Å². The number of methoxy groups -OCH3 is 1. The molecule has 0 saturated carbocycles. The molecule has 0 radical (unpaired) electrons. The Morgan fingerprint density at radius 2 is 2.00 bits per heavy atom. The van der Waals surface area contributed by atoms with Gasteiger partial charge in [-0.15, -0.1) is 10.2 Å². The van der Waals surface area contributed by atoms with Gasteiger partial charge in [0.25, 0.3) is 0 Å². The third-order valence-corrected chi connectivity index (χ3v) is 1.92. The lowest BCUT2D eigenvalue weighted by atomic mass is 10.1. The smallest absolute Gasteiger partial charge is 0.153 e. The minimum atomic E-state index is 0.322. The fourth-order valence-corrected chi connectivity index (χ4v) is 1.19. The fourth-order valence-electron chi connectivity index (χ4n) is 1.19. The van der Waals surface area contributed by atoms with E-state index in [9.17, 15) is 0 Å². The van der Waals surface area contributed by atoms with Crippen molar-refractivity contribution in [2.45, 2.75) is 20.8 Å². The summed E-state index contributed by atoms with van der Waals surface area (Å²) in [5.41, 5.74) is 12.5. The van der Waals surface area contributed by atoms with Gasteiger partial charge in [0, 0.05) is 5.56 Å². The summed E-state index contributed by atoms with van der Waals surface area (Å²) in [5, 5.41) is 7.21. The van der Waals surface area contributed by atoms with Crippen LogP contribution in [0.15, 0.2) is 28.4 Å². The molecule has 0 aliphatic rings. The number of ether oxygens (including phenoxy) is 1. The molecule has 5 nitrogen and oxygen atoms in total. The van der Waals surface area contributed by atoms with Crippen molar-refractivity contribution in [1.29, 1.82) is 0 Å². The average Bonchev–Trinajstić information content (AvgIpc) is 2.38. The van der Waals surface area contributed by atoms with E-state index in [2.05, 4.69) is 10.2 Å². The maximum Gasteiger partial charge on any atom is 0.153 e. The second kappa shape index (κ2) is 8.15. The van der Waals surface area contributed by atoms with Crippen molar-refractivity contribution < 1.29 is 4.74 Å². The molecule has 0 atom stereocenters. The lowest BCUT2D eigenvalue weighted by Gasteiger charge is -2.06. The molecule has 1 aromatic carbocycles. The first-order valence-corrected chi connectivity index (χ1v) is 5.40. The van der Waals surface area contributed by atoms with Gasteiger partial charge >= 0.3 is 0 Å². The monoisotopic (exact) mass is 236 g/mol. The molecular formula is C12H20N4O. The van der Waals surface area contributed by atoms with Gasteiger partial charge in [0.2, 0.25) is 0 Å². The molecule has 0 spiro atoms. The Morgan fingerprint density at radius 3 is 2.47 bits per heavy atom. The molecule has 0 bridgehead atoms. The Kier molecular flexibility index (Phi) is 7.17. The Hall–Kier alpha value is -2.04. The van der Waals surface area contributed by atoms with E-state index in [1.807, 2.05) is 39.0 Å². The summed E-state index contributed by atoms with van der Waals surface area (Å²) < 4.78 is 5.13. The molecule has 17 heavy (non-hydrogen) atoms. The molecule has 94 valence electrons. The highest BCUT2D eigenvalue weighted by atomic mass is 16.5. The van der Waals surface area contributed by atoms with Gasteiger partial charge in [0.05, 0.1) is 7.11 Å². The van der Waals surface area contributed by atoms with Crippen LogP contribution in [0, 0.1) is 6.92 Å². The highest BCUT2D eigenvalue weighted by Crippen LogP contribution is 2.18. The normalized spacial score (nSPS) is 10.9. The van der Waals surface area contributed by atoms with Crippen LogP contribution in [-0.4, -0.2) is 19.3 Å². The van der Waals surface area contributed by atoms with E-state index in [1.54, 1.807) is 7.11 Å². The number of aryl methyl sites for hydroxylation is 1. The molecule has 4 N–H and O–H groups in total. The Morgan fingerprint density at radius 1 is 1.35 bits per heavy atom. The molecule has 0 saturated heterocycles. The summed E-state index contributed by atoms with van der Waals surface area (Å²) in [6.45, 7) is 5.93. The second-order valence-electron chi connectivity index (χ2n) is 2.93. The van der Waals surface area contributed by atoms with Crippen LogP contribution in [0.2, 0.25) is 0 Å².